The SMILES string of the molecule is Cc1ccc(/C(F)=C(\F)S(=O)(=O)c2ccc(C)cc2)cc1. The fourth-order valence-electron chi connectivity index (χ4n) is 1.75. The summed E-state index contributed by atoms with van der Waals surface area (Å²) in [6.45, 7) is 3.57. The first kappa shape index (κ1) is 15.4. The van der Waals surface area contributed by atoms with E-state index in [1.165, 1.54) is 36.4 Å². The molecule has 2 aromatic carbocycles. The monoisotopic (exact) mass is 308 g/mol. The molecule has 2 nitrogen and oxygen atoms in total. The second-order valence-electron chi connectivity index (χ2n) is 4.77. The molecule has 0 N–H and O–H groups in total. The van der Waals surface area contributed by atoms with Crippen molar-refractivity contribution >= 4 is 15.7 Å². The number of hydrogen-bond acceptors (Lipinski definition) is 2. The molecule has 0 saturated carbocycles. The van der Waals surface area contributed by atoms with Gasteiger partial charge in [0.2, 0.25) is 9.84 Å². The minimum atomic E-state index is -4.48. The van der Waals surface area contributed by atoms with Crippen molar-refractivity contribution < 1.29 is 17.2 Å². The number of hydrogen-bond donors (Lipinski definition) is 0. The van der Waals surface area contributed by atoms with Gasteiger partial charge in [0.15, 0.2) is 5.83 Å². The first-order valence-electron chi connectivity index (χ1n) is 6.26. The number of benzene rings is 2. The molecule has 2 rings (SSSR count). The molecule has 5 heteroatoms. The van der Waals surface area contributed by atoms with E-state index in [4.69, 9.17) is 0 Å². The standard InChI is InChI=1S/C16H14F2O2S/c1-11-3-7-13(8-4-11)15(17)16(18)21(19,20)14-9-5-12(2)6-10-14/h3-10H,1-2H3/b16-15-. The molecule has 110 valence electrons. The van der Waals surface area contributed by atoms with Crippen LogP contribution in [0.3, 0.4) is 0 Å². The Hall–Kier alpha value is -2.01. The second-order valence-corrected chi connectivity index (χ2v) is 6.61. The molecule has 0 unspecified atom stereocenters. The third kappa shape index (κ3) is 3.19. The first-order valence-corrected chi connectivity index (χ1v) is 7.75. The number of sulfone groups is 1. The van der Waals surface area contributed by atoms with Crippen molar-refractivity contribution in [1.29, 1.82) is 0 Å². The highest BCUT2D eigenvalue weighted by Gasteiger charge is 2.26. The van der Waals surface area contributed by atoms with E-state index in [1.807, 2.05) is 0 Å². The zero-order chi connectivity index (χ0) is 15.6. The maximum atomic E-state index is 14.1. The molecule has 0 saturated heterocycles. The highest BCUT2D eigenvalue weighted by atomic mass is 32.2. The third-order valence-corrected chi connectivity index (χ3v) is 4.59. The van der Waals surface area contributed by atoms with Crippen LogP contribution in [0.25, 0.3) is 5.83 Å². The Bertz CT molecular complexity index is 774. The molecule has 0 amide bonds. The van der Waals surface area contributed by atoms with Gasteiger partial charge in [0.05, 0.1) is 4.90 Å². The van der Waals surface area contributed by atoms with Crippen molar-refractivity contribution in [2.75, 3.05) is 0 Å². The summed E-state index contributed by atoms with van der Waals surface area (Å²) in [5, 5.41) is -1.77. The Morgan fingerprint density at radius 3 is 1.71 bits per heavy atom. The van der Waals surface area contributed by atoms with Gasteiger partial charge in [-0.2, -0.15) is 4.39 Å². The van der Waals surface area contributed by atoms with Gasteiger partial charge < -0.3 is 0 Å². The number of halogens is 2. The zero-order valence-corrected chi connectivity index (χ0v) is 12.4. The van der Waals surface area contributed by atoms with E-state index in [0.717, 1.165) is 11.1 Å². The summed E-state index contributed by atoms with van der Waals surface area (Å²) in [6, 6.07) is 11.4. The van der Waals surface area contributed by atoms with Crippen molar-refractivity contribution in [3.8, 4) is 0 Å². The third-order valence-electron chi connectivity index (χ3n) is 3.04. The topological polar surface area (TPSA) is 34.1 Å². The minimum absolute atomic E-state index is 0.103. The first-order chi connectivity index (χ1) is 9.82. The van der Waals surface area contributed by atoms with Gasteiger partial charge >= 0.3 is 0 Å². The Morgan fingerprint density at radius 1 is 0.810 bits per heavy atom. The molecule has 0 aliphatic heterocycles. The van der Waals surface area contributed by atoms with Crippen LogP contribution in [0, 0.1) is 13.8 Å². The molecule has 21 heavy (non-hydrogen) atoms. The van der Waals surface area contributed by atoms with E-state index in [2.05, 4.69) is 0 Å². The van der Waals surface area contributed by atoms with Gasteiger partial charge in [0, 0.05) is 5.56 Å². The van der Waals surface area contributed by atoms with Gasteiger partial charge in [-0.3, -0.25) is 0 Å². The maximum Gasteiger partial charge on any atom is 0.255 e. The van der Waals surface area contributed by atoms with Crippen molar-refractivity contribution in [2.24, 2.45) is 0 Å². The van der Waals surface area contributed by atoms with Crippen molar-refractivity contribution in [3.05, 3.63) is 70.4 Å². The lowest BCUT2D eigenvalue weighted by atomic mass is 10.1. The van der Waals surface area contributed by atoms with Gasteiger partial charge in [0.1, 0.15) is 0 Å². The van der Waals surface area contributed by atoms with E-state index < -0.39 is 20.8 Å². The van der Waals surface area contributed by atoms with Crippen LogP contribution in [0.15, 0.2) is 58.6 Å². The number of aryl methyl sites for hydroxylation is 2. The van der Waals surface area contributed by atoms with Crippen LogP contribution in [0.1, 0.15) is 16.7 Å². The van der Waals surface area contributed by atoms with Crippen molar-refractivity contribution in [2.45, 2.75) is 18.7 Å². The van der Waals surface area contributed by atoms with Crippen LogP contribution < -0.4 is 0 Å². The van der Waals surface area contributed by atoms with Crippen LogP contribution >= 0.6 is 0 Å². The molecule has 0 radical (unpaired) electrons. The van der Waals surface area contributed by atoms with E-state index >= 15 is 0 Å². The Morgan fingerprint density at radius 2 is 1.24 bits per heavy atom. The maximum absolute atomic E-state index is 14.1. The van der Waals surface area contributed by atoms with E-state index in [1.54, 1.807) is 26.0 Å². The Labute approximate surface area is 122 Å². The summed E-state index contributed by atoms with van der Waals surface area (Å²) in [7, 11) is -4.48. The molecule has 0 aromatic heterocycles. The summed E-state index contributed by atoms with van der Waals surface area (Å²) in [5.41, 5.74) is 1.60. The van der Waals surface area contributed by atoms with Crippen LogP contribution in [0.4, 0.5) is 8.78 Å². The average Bonchev–Trinajstić information content (AvgIpc) is 2.47. The summed E-state index contributed by atoms with van der Waals surface area (Å²) >= 11 is 0. The van der Waals surface area contributed by atoms with Gasteiger partial charge in [-0.15, -0.1) is 0 Å². The van der Waals surface area contributed by atoms with E-state index in [9.17, 15) is 17.2 Å². The van der Waals surface area contributed by atoms with E-state index in [-0.39, 0.29) is 10.5 Å². The van der Waals surface area contributed by atoms with Crippen molar-refractivity contribution in [1.82, 2.24) is 0 Å². The normalized spacial score (nSPS) is 13.0. The van der Waals surface area contributed by atoms with E-state index in [0.29, 0.717) is 0 Å². The number of rotatable bonds is 3. The highest BCUT2D eigenvalue weighted by Crippen LogP contribution is 2.29. The fourth-order valence-corrected chi connectivity index (χ4v) is 2.81. The Kier molecular flexibility index (Phi) is 4.23. The molecule has 0 spiro atoms. The molecule has 0 aliphatic carbocycles. The quantitative estimate of drug-likeness (QED) is 0.845. The average molecular weight is 308 g/mol. The predicted molar refractivity (Wildman–Crippen MR) is 78.7 cm³/mol. The zero-order valence-electron chi connectivity index (χ0n) is 11.6. The lowest BCUT2D eigenvalue weighted by molar-refractivity contribution is 0.570. The smallest absolute Gasteiger partial charge is 0.216 e. The van der Waals surface area contributed by atoms with Crippen LogP contribution in [0.5, 0.6) is 0 Å². The largest absolute Gasteiger partial charge is 0.255 e. The van der Waals surface area contributed by atoms with Gasteiger partial charge in [-0.25, -0.2) is 12.8 Å². The highest BCUT2D eigenvalue weighted by molar-refractivity contribution is 7.95. The van der Waals surface area contributed by atoms with Gasteiger partial charge in [0.25, 0.3) is 5.16 Å². The molecule has 2 aromatic rings. The molecule has 0 atom stereocenters. The molecule has 0 bridgehead atoms. The molecular formula is C16H14F2O2S. The lowest BCUT2D eigenvalue weighted by Gasteiger charge is -2.05. The molecule has 0 aliphatic rings. The van der Waals surface area contributed by atoms with Gasteiger partial charge in [-0.1, -0.05) is 47.5 Å². The van der Waals surface area contributed by atoms with Crippen LogP contribution in [-0.2, 0) is 9.84 Å². The fraction of sp³-hybridized carbons (Fsp3) is 0.125. The summed E-state index contributed by atoms with van der Waals surface area (Å²) in [4.78, 5) is -0.270. The summed E-state index contributed by atoms with van der Waals surface area (Å²) in [5.74, 6) is -1.38. The van der Waals surface area contributed by atoms with Crippen molar-refractivity contribution in [3.63, 3.8) is 0 Å². The summed E-state index contributed by atoms with van der Waals surface area (Å²) in [6.07, 6.45) is 0. The summed E-state index contributed by atoms with van der Waals surface area (Å²) < 4.78 is 52.2. The van der Waals surface area contributed by atoms with Crippen LogP contribution in [-0.4, -0.2) is 8.42 Å². The Balaban J connectivity index is 2.50. The lowest BCUT2D eigenvalue weighted by Crippen LogP contribution is -2.03. The molecule has 0 fully saturated rings. The van der Waals surface area contributed by atoms with Gasteiger partial charge in [-0.05, 0) is 26.0 Å². The predicted octanol–water partition coefficient (Wildman–Crippen LogP) is 4.34. The second kappa shape index (κ2) is 5.77. The van der Waals surface area contributed by atoms with Crippen LogP contribution in [0.2, 0.25) is 0 Å². The minimum Gasteiger partial charge on any atom is -0.216 e. The molecular weight excluding hydrogens is 294 g/mol. The molecule has 0 heterocycles.